The molecule has 0 spiro atoms. The van der Waals surface area contributed by atoms with Gasteiger partial charge in [0.2, 0.25) is 0 Å². The van der Waals surface area contributed by atoms with Crippen molar-refractivity contribution in [2.45, 2.75) is 18.6 Å². The summed E-state index contributed by atoms with van der Waals surface area (Å²) < 4.78 is 9.03. The number of fused-ring (bicyclic) bond motifs is 1. The number of aryl methyl sites for hydroxylation is 2. The minimum Gasteiger partial charge on any atom is -0.408 e. The highest BCUT2D eigenvalue weighted by atomic mass is 32.2. The molecule has 0 saturated carbocycles. The van der Waals surface area contributed by atoms with Crippen molar-refractivity contribution in [1.29, 1.82) is 0 Å². The fourth-order valence-corrected chi connectivity index (χ4v) is 4.40. The van der Waals surface area contributed by atoms with Crippen molar-refractivity contribution < 1.29 is 4.42 Å². The number of oxazole rings is 1. The van der Waals surface area contributed by atoms with Crippen LogP contribution in [0.5, 0.6) is 0 Å². The van der Waals surface area contributed by atoms with E-state index in [2.05, 4.69) is 34.2 Å². The summed E-state index contributed by atoms with van der Waals surface area (Å²) in [7, 11) is 0. The molecule has 2 aromatic carbocycles. The molecule has 0 amide bonds. The summed E-state index contributed by atoms with van der Waals surface area (Å²) in [5.41, 5.74) is 4.41. The Morgan fingerprint density at radius 1 is 1.00 bits per heavy atom. The third-order valence-corrected chi connectivity index (χ3v) is 5.94. The number of nitrogens with zero attached hydrogens (tertiary/aromatic N) is 5. The Morgan fingerprint density at radius 2 is 1.84 bits per heavy atom. The Kier molecular flexibility index (Phi) is 5.13. The number of hydrogen-bond donors (Lipinski definition) is 0. The predicted octanol–water partition coefficient (Wildman–Crippen LogP) is 4.34. The van der Waals surface area contributed by atoms with Crippen molar-refractivity contribution in [2.24, 2.45) is 0 Å². The van der Waals surface area contributed by atoms with Crippen molar-refractivity contribution in [3.8, 4) is 17.1 Å². The quantitative estimate of drug-likeness (QED) is 0.374. The maximum atomic E-state index is 12.3. The van der Waals surface area contributed by atoms with Gasteiger partial charge < -0.3 is 4.42 Å². The third-order valence-electron chi connectivity index (χ3n) is 5.03. The number of para-hydroxylation sites is 3. The molecule has 0 radical (unpaired) electrons. The number of thioether (sulfide) groups is 1. The number of aromatic nitrogens is 5. The highest BCUT2D eigenvalue weighted by molar-refractivity contribution is 7.99. The van der Waals surface area contributed by atoms with Crippen molar-refractivity contribution >= 4 is 22.9 Å². The molecule has 0 bridgehead atoms. The van der Waals surface area contributed by atoms with Crippen LogP contribution >= 0.6 is 11.8 Å². The smallest absolute Gasteiger partial charge is 0.408 e. The Balaban J connectivity index is 1.48. The minimum atomic E-state index is -0.349. The van der Waals surface area contributed by atoms with Gasteiger partial charge in [-0.05, 0) is 42.8 Å². The van der Waals surface area contributed by atoms with Gasteiger partial charge in [-0.3, -0.25) is 14.1 Å². The molecule has 8 heteroatoms. The first kappa shape index (κ1) is 19.3. The molecule has 31 heavy (non-hydrogen) atoms. The van der Waals surface area contributed by atoms with Gasteiger partial charge >= 0.3 is 5.76 Å². The molecule has 0 N–H and O–H groups in total. The molecule has 0 aliphatic heterocycles. The first-order valence-electron chi connectivity index (χ1n) is 9.85. The molecule has 5 rings (SSSR count). The number of benzene rings is 2. The normalized spacial score (nSPS) is 11.3. The van der Waals surface area contributed by atoms with E-state index in [1.54, 1.807) is 34.8 Å². The molecule has 0 aliphatic rings. The maximum absolute atomic E-state index is 12.3. The predicted molar refractivity (Wildman–Crippen MR) is 121 cm³/mol. The molecule has 0 unspecified atom stereocenters. The molecular weight excluding hydrogens is 410 g/mol. The third kappa shape index (κ3) is 3.66. The number of hydrogen-bond acceptors (Lipinski definition) is 6. The fraction of sp³-hybridized carbons (Fsp3) is 0.130. The van der Waals surface area contributed by atoms with Gasteiger partial charge in [-0.1, -0.05) is 42.1 Å². The zero-order chi connectivity index (χ0) is 21.2. The van der Waals surface area contributed by atoms with E-state index in [1.165, 1.54) is 0 Å². The number of rotatable bonds is 6. The summed E-state index contributed by atoms with van der Waals surface area (Å²) >= 11 is 1.55. The molecular formula is C23H19N5O2S. The van der Waals surface area contributed by atoms with Crippen molar-refractivity contribution in [3.63, 3.8) is 0 Å². The molecule has 3 aromatic heterocycles. The van der Waals surface area contributed by atoms with E-state index in [9.17, 15) is 4.79 Å². The van der Waals surface area contributed by atoms with Crippen LogP contribution in [0.15, 0.2) is 87.4 Å². The van der Waals surface area contributed by atoms with Crippen molar-refractivity contribution in [2.75, 3.05) is 5.75 Å². The van der Waals surface area contributed by atoms with Gasteiger partial charge in [0, 0.05) is 30.3 Å². The maximum Gasteiger partial charge on any atom is 0.419 e. The van der Waals surface area contributed by atoms with Gasteiger partial charge in [-0.15, -0.1) is 10.2 Å². The Bertz CT molecular complexity index is 1400. The average molecular weight is 430 g/mol. The molecule has 7 nitrogen and oxygen atoms in total. The van der Waals surface area contributed by atoms with Crippen LogP contribution in [0.25, 0.3) is 28.2 Å². The van der Waals surface area contributed by atoms with Gasteiger partial charge in [-0.25, -0.2) is 4.79 Å². The zero-order valence-corrected chi connectivity index (χ0v) is 17.6. The van der Waals surface area contributed by atoms with E-state index < -0.39 is 0 Å². The Labute approximate surface area is 182 Å². The first-order valence-corrected chi connectivity index (χ1v) is 10.8. The van der Waals surface area contributed by atoms with Crippen LogP contribution in [0.4, 0.5) is 0 Å². The number of pyridine rings is 1. The Hall–Kier alpha value is -3.65. The zero-order valence-electron chi connectivity index (χ0n) is 16.8. The van der Waals surface area contributed by atoms with Crippen molar-refractivity contribution in [3.05, 3.63) is 89.2 Å². The van der Waals surface area contributed by atoms with E-state index in [0.717, 1.165) is 33.3 Å². The molecule has 0 fully saturated rings. The lowest BCUT2D eigenvalue weighted by atomic mass is 10.2. The lowest BCUT2D eigenvalue weighted by Gasteiger charge is -2.12. The van der Waals surface area contributed by atoms with E-state index in [0.29, 0.717) is 17.9 Å². The summed E-state index contributed by atoms with van der Waals surface area (Å²) in [5, 5.41) is 9.66. The van der Waals surface area contributed by atoms with Gasteiger partial charge in [0.1, 0.15) is 0 Å². The average Bonchev–Trinajstić information content (AvgIpc) is 3.35. The van der Waals surface area contributed by atoms with E-state index in [4.69, 9.17) is 4.42 Å². The summed E-state index contributed by atoms with van der Waals surface area (Å²) in [4.78, 5) is 16.5. The van der Waals surface area contributed by atoms with Crippen LogP contribution in [0.1, 0.15) is 5.56 Å². The fourth-order valence-electron chi connectivity index (χ4n) is 3.53. The second-order valence-corrected chi connectivity index (χ2v) is 8.07. The summed E-state index contributed by atoms with van der Waals surface area (Å²) in [5.74, 6) is 1.02. The highest BCUT2D eigenvalue weighted by Crippen LogP contribution is 2.29. The van der Waals surface area contributed by atoms with E-state index in [-0.39, 0.29) is 5.76 Å². The molecule has 0 saturated heterocycles. The Morgan fingerprint density at radius 3 is 2.68 bits per heavy atom. The molecule has 3 heterocycles. The standard InChI is InChI=1S/C23H19N5O2S/c1-16-7-2-3-9-18(16)28-21(17-8-6-12-24-15-17)25-26-22(28)31-14-13-27-19-10-4-5-11-20(19)30-23(27)29/h2-12,15H,13-14H2,1H3. The van der Waals surface area contributed by atoms with Crippen molar-refractivity contribution in [1.82, 2.24) is 24.3 Å². The lowest BCUT2D eigenvalue weighted by Crippen LogP contribution is -2.15. The van der Waals surface area contributed by atoms with Crippen LogP contribution < -0.4 is 5.76 Å². The molecule has 154 valence electrons. The highest BCUT2D eigenvalue weighted by Gasteiger charge is 2.18. The molecule has 0 aliphatic carbocycles. The SMILES string of the molecule is Cc1ccccc1-n1c(SCCn2c(=O)oc3ccccc32)nnc1-c1cccnc1. The molecule has 0 atom stereocenters. The van der Waals surface area contributed by atoms with Crippen LogP contribution in [-0.4, -0.2) is 30.1 Å². The summed E-state index contributed by atoms with van der Waals surface area (Å²) in [6.45, 7) is 2.57. The van der Waals surface area contributed by atoms with Crippen LogP contribution in [0.3, 0.4) is 0 Å². The second kappa shape index (κ2) is 8.23. The van der Waals surface area contributed by atoms with Crippen LogP contribution in [-0.2, 0) is 6.54 Å². The monoisotopic (exact) mass is 429 g/mol. The van der Waals surface area contributed by atoms with Crippen LogP contribution in [0, 0.1) is 6.92 Å². The first-order chi connectivity index (χ1) is 15.2. The van der Waals surface area contributed by atoms with Gasteiger partial charge in [0.25, 0.3) is 0 Å². The van der Waals surface area contributed by atoms with Crippen LogP contribution in [0.2, 0.25) is 0 Å². The van der Waals surface area contributed by atoms with Gasteiger partial charge in [-0.2, -0.15) is 0 Å². The largest absolute Gasteiger partial charge is 0.419 e. The summed E-state index contributed by atoms with van der Waals surface area (Å²) in [6, 6.07) is 19.4. The second-order valence-electron chi connectivity index (χ2n) is 7.01. The lowest BCUT2D eigenvalue weighted by molar-refractivity contribution is 0.514. The summed E-state index contributed by atoms with van der Waals surface area (Å²) in [6.07, 6.45) is 3.52. The van der Waals surface area contributed by atoms with E-state index >= 15 is 0 Å². The topological polar surface area (TPSA) is 78.7 Å². The van der Waals surface area contributed by atoms with E-state index in [1.807, 2.05) is 47.0 Å². The molecule has 5 aromatic rings. The minimum absolute atomic E-state index is 0.349. The van der Waals surface area contributed by atoms with Gasteiger partial charge in [0.05, 0.1) is 11.2 Å². The van der Waals surface area contributed by atoms with Gasteiger partial charge in [0.15, 0.2) is 16.6 Å².